The van der Waals surface area contributed by atoms with Crippen molar-refractivity contribution in [3.63, 3.8) is 0 Å². The quantitative estimate of drug-likeness (QED) is 0.364. The fraction of sp³-hybridized carbons (Fsp3) is 0. The van der Waals surface area contributed by atoms with Crippen LogP contribution in [-0.2, 0) is 0 Å². The van der Waals surface area contributed by atoms with Crippen molar-refractivity contribution in [2.45, 2.75) is 0 Å². The summed E-state index contributed by atoms with van der Waals surface area (Å²) in [6.07, 6.45) is 0. The van der Waals surface area contributed by atoms with Gasteiger partial charge in [-0.3, -0.25) is 0 Å². The van der Waals surface area contributed by atoms with Crippen LogP contribution in [0, 0.1) is 0 Å². The summed E-state index contributed by atoms with van der Waals surface area (Å²) in [5.41, 5.74) is 2.65. The Labute approximate surface area is 155 Å². The summed E-state index contributed by atoms with van der Waals surface area (Å²) in [5.74, 6) is -0.879. The molecule has 1 heterocycles. The highest BCUT2D eigenvalue weighted by atomic mass is 79.9. The van der Waals surface area contributed by atoms with E-state index in [1.807, 2.05) is 6.07 Å². The Kier molecular flexibility index (Phi) is 5.02. The molecule has 0 aliphatic carbocycles. The van der Waals surface area contributed by atoms with E-state index in [4.69, 9.17) is 5.11 Å². The molecule has 0 bridgehead atoms. The number of aromatic carboxylic acids is 1. The van der Waals surface area contributed by atoms with Crippen molar-refractivity contribution in [2.24, 2.45) is 0 Å². The molecule has 0 amide bonds. The summed E-state index contributed by atoms with van der Waals surface area (Å²) >= 11 is 7.09. The summed E-state index contributed by atoms with van der Waals surface area (Å²) in [7, 11) is 0. The van der Waals surface area contributed by atoms with Gasteiger partial charge in [0.15, 0.2) is 0 Å². The first-order valence-electron chi connectivity index (χ1n) is 7.20. The monoisotopic (exact) mass is 445 g/mol. The SMILES string of the molecule is Brc1ccc2c([nH]c3ccccc32)c1Br.O=C(O)c1ccccc1. The Morgan fingerprint density at radius 1 is 0.833 bits per heavy atom. The number of benzene rings is 3. The average molecular weight is 447 g/mol. The topological polar surface area (TPSA) is 53.1 Å². The highest BCUT2D eigenvalue weighted by molar-refractivity contribution is 9.13. The molecule has 1 aromatic heterocycles. The van der Waals surface area contributed by atoms with Crippen LogP contribution in [0.5, 0.6) is 0 Å². The molecule has 4 rings (SSSR count). The number of fused-ring (bicyclic) bond motifs is 3. The molecule has 0 unspecified atom stereocenters. The van der Waals surface area contributed by atoms with Gasteiger partial charge in [-0.25, -0.2) is 4.79 Å². The Balaban J connectivity index is 0.000000162. The van der Waals surface area contributed by atoms with Crippen LogP contribution in [0.1, 0.15) is 10.4 Å². The van der Waals surface area contributed by atoms with Crippen molar-refractivity contribution >= 4 is 59.6 Å². The number of para-hydroxylation sites is 1. The van der Waals surface area contributed by atoms with Gasteiger partial charge in [0.05, 0.1) is 15.6 Å². The second kappa shape index (κ2) is 7.20. The average Bonchev–Trinajstić information content (AvgIpc) is 2.99. The molecule has 3 aromatic carbocycles. The van der Waals surface area contributed by atoms with Crippen LogP contribution in [0.4, 0.5) is 0 Å². The van der Waals surface area contributed by atoms with E-state index in [0.29, 0.717) is 5.56 Å². The number of carboxylic acid groups (broad SMARTS) is 1. The second-order valence-corrected chi connectivity index (χ2v) is 6.77. The van der Waals surface area contributed by atoms with E-state index in [0.717, 1.165) is 14.5 Å². The van der Waals surface area contributed by atoms with Gasteiger partial charge in [0, 0.05) is 20.8 Å². The molecule has 0 fully saturated rings. The molecule has 5 heteroatoms. The minimum absolute atomic E-state index is 0.331. The Bertz CT molecular complexity index is 1010. The number of carbonyl (C=O) groups is 1. The van der Waals surface area contributed by atoms with Gasteiger partial charge in [0.25, 0.3) is 0 Å². The first-order valence-corrected chi connectivity index (χ1v) is 8.79. The molecule has 0 aliphatic rings. The number of hydrogen-bond donors (Lipinski definition) is 2. The lowest BCUT2D eigenvalue weighted by Crippen LogP contribution is -1.93. The van der Waals surface area contributed by atoms with Crippen molar-refractivity contribution in [1.29, 1.82) is 0 Å². The highest BCUT2D eigenvalue weighted by Crippen LogP contribution is 2.34. The lowest BCUT2D eigenvalue weighted by Gasteiger charge is -1.97. The maximum atomic E-state index is 10.2. The van der Waals surface area contributed by atoms with E-state index in [1.54, 1.807) is 30.3 Å². The lowest BCUT2D eigenvalue weighted by molar-refractivity contribution is 0.0697. The molecule has 0 atom stereocenters. The minimum atomic E-state index is -0.879. The predicted octanol–water partition coefficient (Wildman–Crippen LogP) is 6.23. The van der Waals surface area contributed by atoms with Crippen LogP contribution in [0.2, 0.25) is 0 Å². The first-order chi connectivity index (χ1) is 11.6. The normalized spacial score (nSPS) is 10.4. The third-order valence-electron chi connectivity index (χ3n) is 3.59. The van der Waals surface area contributed by atoms with Crippen LogP contribution >= 0.6 is 31.9 Å². The van der Waals surface area contributed by atoms with Gasteiger partial charge in [-0.05, 0) is 56.1 Å². The van der Waals surface area contributed by atoms with E-state index in [1.165, 1.54) is 16.3 Å². The van der Waals surface area contributed by atoms with Gasteiger partial charge in [0.1, 0.15) is 0 Å². The summed E-state index contributed by atoms with van der Waals surface area (Å²) in [4.78, 5) is 13.6. The smallest absolute Gasteiger partial charge is 0.335 e. The standard InChI is InChI=1S/C12H7Br2N.C7H6O2/c13-9-6-5-8-7-3-1-2-4-10(7)15-12(8)11(9)14;8-7(9)6-4-2-1-3-5-6/h1-6,15H;1-5H,(H,8,9). The first kappa shape index (κ1) is 16.7. The molecule has 0 spiro atoms. The maximum Gasteiger partial charge on any atom is 0.335 e. The molecular formula is C19H13Br2NO2. The van der Waals surface area contributed by atoms with E-state index < -0.39 is 5.97 Å². The zero-order valence-corrected chi connectivity index (χ0v) is 15.6. The number of aromatic nitrogens is 1. The number of hydrogen-bond acceptors (Lipinski definition) is 1. The van der Waals surface area contributed by atoms with E-state index in [9.17, 15) is 4.79 Å². The molecule has 24 heavy (non-hydrogen) atoms. The Morgan fingerprint density at radius 2 is 1.50 bits per heavy atom. The van der Waals surface area contributed by atoms with Crippen LogP contribution < -0.4 is 0 Å². The highest BCUT2D eigenvalue weighted by Gasteiger charge is 2.08. The largest absolute Gasteiger partial charge is 0.478 e. The fourth-order valence-electron chi connectivity index (χ4n) is 2.44. The Hall–Kier alpha value is -2.11. The van der Waals surface area contributed by atoms with Crippen molar-refractivity contribution in [1.82, 2.24) is 4.98 Å². The maximum absolute atomic E-state index is 10.2. The number of H-pyrrole nitrogens is 1. The zero-order valence-electron chi connectivity index (χ0n) is 12.5. The summed E-state index contributed by atoms with van der Waals surface area (Å²) in [6, 6.07) is 20.8. The number of carboxylic acids is 1. The predicted molar refractivity (Wildman–Crippen MR) is 105 cm³/mol. The van der Waals surface area contributed by atoms with Crippen molar-refractivity contribution < 1.29 is 9.90 Å². The molecule has 4 aromatic rings. The number of aromatic amines is 1. The summed E-state index contributed by atoms with van der Waals surface area (Å²) in [5, 5.41) is 10.9. The van der Waals surface area contributed by atoms with Gasteiger partial charge in [-0.1, -0.05) is 42.5 Å². The van der Waals surface area contributed by atoms with Crippen LogP contribution in [0.25, 0.3) is 21.8 Å². The summed E-state index contributed by atoms with van der Waals surface area (Å²) in [6.45, 7) is 0. The van der Waals surface area contributed by atoms with Crippen molar-refractivity contribution in [3.05, 3.63) is 81.2 Å². The number of halogens is 2. The molecule has 3 nitrogen and oxygen atoms in total. The molecule has 0 aliphatic heterocycles. The van der Waals surface area contributed by atoms with Crippen LogP contribution in [0.3, 0.4) is 0 Å². The van der Waals surface area contributed by atoms with E-state index in [2.05, 4.69) is 67.2 Å². The summed E-state index contributed by atoms with van der Waals surface area (Å²) < 4.78 is 2.15. The molecule has 120 valence electrons. The molecule has 2 N–H and O–H groups in total. The van der Waals surface area contributed by atoms with Crippen LogP contribution in [0.15, 0.2) is 75.7 Å². The fourth-order valence-corrected chi connectivity index (χ4v) is 3.21. The molecule has 0 radical (unpaired) electrons. The van der Waals surface area contributed by atoms with Gasteiger partial charge in [-0.2, -0.15) is 0 Å². The van der Waals surface area contributed by atoms with E-state index in [-0.39, 0.29) is 0 Å². The van der Waals surface area contributed by atoms with Gasteiger partial charge >= 0.3 is 5.97 Å². The minimum Gasteiger partial charge on any atom is -0.478 e. The van der Waals surface area contributed by atoms with E-state index >= 15 is 0 Å². The van der Waals surface area contributed by atoms with Crippen molar-refractivity contribution in [3.8, 4) is 0 Å². The molecule has 0 saturated heterocycles. The molecular weight excluding hydrogens is 434 g/mol. The third kappa shape index (κ3) is 3.37. The van der Waals surface area contributed by atoms with Gasteiger partial charge < -0.3 is 10.1 Å². The third-order valence-corrected chi connectivity index (χ3v) is 5.61. The molecule has 0 saturated carbocycles. The van der Waals surface area contributed by atoms with Crippen LogP contribution in [-0.4, -0.2) is 16.1 Å². The lowest BCUT2D eigenvalue weighted by atomic mass is 10.2. The number of rotatable bonds is 1. The Morgan fingerprint density at radius 3 is 2.17 bits per heavy atom. The van der Waals surface area contributed by atoms with Gasteiger partial charge in [-0.15, -0.1) is 0 Å². The zero-order chi connectivity index (χ0) is 17.1. The number of nitrogens with one attached hydrogen (secondary N) is 1. The second-order valence-electron chi connectivity index (χ2n) is 5.13. The van der Waals surface area contributed by atoms with Crippen molar-refractivity contribution in [2.75, 3.05) is 0 Å². The van der Waals surface area contributed by atoms with Gasteiger partial charge in [0.2, 0.25) is 0 Å².